The van der Waals surface area contributed by atoms with Crippen LogP contribution in [0, 0.1) is 17.8 Å². The fraction of sp³-hybridized carbons (Fsp3) is 0.786. The summed E-state index contributed by atoms with van der Waals surface area (Å²) in [5.74, 6) is 0.214. The van der Waals surface area contributed by atoms with Crippen molar-refractivity contribution in [2.45, 2.75) is 104 Å². The molecule has 0 bridgehead atoms. The van der Waals surface area contributed by atoms with Crippen molar-refractivity contribution >= 4 is 11.8 Å². The van der Waals surface area contributed by atoms with Crippen molar-refractivity contribution in [1.29, 1.82) is 0 Å². The quantitative estimate of drug-likeness (QED) is 0.484. The van der Waals surface area contributed by atoms with Crippen LogP contribution in [-0.4, -0.2) is 72.5 Å². The molecule has 2 aliphatic heterocycles. The highest BCUT2D eigenvalue weighted by Crippen LogP contribution is 2.24. The van der Waals surface area contributed by atoms with E-state index < -0.39 is 6.10 Å². The number of hydrogen-bond donors (Lipinski definition) is 3. The van der Waals surface area contributed by atoms with Gasteiger partial charge in [-0.1, -0.05) is 44.4 Å². The Labute approximate surface area is 217 Å². The van der Waals surface area contributed by atoms with Gasteiger partial charge < -0.3 is 29.5 Å². The lowest BCUT2D eigenvalue weighted by Crippen LogP contribution is -2.39. The Hall–Kier alpha value is -1.58. The first-order valence-corrected chi connectivity index (χ1v) is 13.1. The van der Waals surface area contributed by atoms with Crippen LogP contribution in [0.1, 0.15) is 79.6 Å². The average molecular weight is 515 g/mol. The largest absolute Gasteiger partial charge is 0.462 e. The SMILES string of the molecule is CC1=C\[C@H](CO[C@H]2CC[C@H](O)[C@@H](C)O2)[C@@H](C)OC(=O)CC[C@H](C)CCC[C@@H](C)C(=O)\C=C\1.CO.CO. The second-order valence-corrected chi connectivity index (χ2v) is 9.73. The van der Waals surface area contributed by atoms with Crippen molar-refractivity contribution in [1.82, 2.24) is 0 Å². The van der Waals surface area contributed by atoms with Crippen molar-refractivity contribution in [2.24, 2.45) is 17.8 Å². The van der Waals surface area contributed by atoms with E-state index in [0.29, 0.717) is 31.8 Å². The highest BCUT2D eigenvalue weighted by molar-refractivity contribution is 5.91. The summed E-state index contributed by atoms with van der Waals surface area (Å²) in [6.45, 7) is 10.1. The van der Waals surface area contributed by atoms with E-state index in [2.05, 4.69) is 6.92 Å². The molecule has 36 heavy (non-hydrogen) atoms. The molecule has 0 amide bonds. The minimum Gasteiger partial charge on any atom is -0.462 e. The third-order valence-corrected chi connectivity index (χ3v) is 6.65. The number of ketones is 1. The molecule has 0 saturated carbocycles. The zero-order chi connectivity index (χ0) is 27.7. The highest BCUT2D eigenvalue weighted by Gasteiger charge is 2.29. The lowest BCUT2D eigenvalue weighted by Gasteiger charge is -2.33. The number of ether oxygens (including phenoxy) is 3. The number of aliphatic hydroxyl groups is 3. The maximum atomic E-state index is 12.5. The zero-order valence-electron chi connectivity index (χ0n) is 23.3. The number of allylic oxidation sites excluding steroid dienone is 3. The number of carbonyl (C=O) groups excluding carboxylic acids is 2. The maximum Gasteiger partial charge on any atom is 0.306 e. The van der Waals surface area contributed by atoms with Gasteiger partial charge in [-0.25, -0.2) is 0 Å². The van der Waals surface area contributed by atoms with Crippen LogP contribution >= 0.6 is 0 Å². The van der Waals surface area contributed by atoms with Gasteiger partial charge in [0.05, 0.1) is 18.8 Å². The van der Waals surface area contributed by atoms with Crippen molar-refractivity contribution in [3.05, 3.63) is 23.8 Å². The highest BCUT2D eigenvalue weighted by atomic mass is 16.7. The third kappa shape index (κ3) is 13.7. The molecule has 8 nitrogen and oxygen atoms in total. The molecule has 2 heterocycles. The lowest BCUT2D eigenvalue weighted by atomic mass is 9.93. The van der Waals surface area contributed by atoms with Gasteiger partial charge in [-0.05, 0) is 52.0 Å². The van der Waals surface area contributed by atoms with Crippen LogP contribution in [0.3, 0.4) is 0 Å². The molecule has 2 rings (SSSR count). The monoisotopic (exact) mass is 514 g/mol. The standard InChI is InChI=1S/C26H42O6.2CH4O/c1-17-7-6-8-19(3)23(27)11-9-18(2)15-22(20(4)31-25(29)13-10-17)16-30-26-14-12-24(28)21(5)32-26;2*1-2/h9,11,15,17,19-22,24,26,28H,6-8,10,12-14,16H2,1-5H3;2*2H,1H3/b11-9+,18-15+;;/t17-,19-,20-,21-,22-,24+,26-;;/m1../s1. The average Bonchev–Trinajstić information content (AvgIpc) is 2.87. The van der Waals surface area contributed by atoms with E-state index in [1.165, 1.54) is 0 Å². The van der Waals surface area contributed by atoms with Gasteiger partial charge in [0.25, 0.3) is 0 Å². The van der Waals surface area contributed by atoms with Crippen molar-refractivity contribution < 1.29 is 39.1 Å². The van der Waals surface area contributed by atoms with E-state index in [4.69, 9.17) is 24.4 Å². The zero-order valence-corrected chi connectivity index (χ0v) is 23.3. The van der Waals surface area contributed by atoms with Crippen LogP contribution in [-0.2, 0) is 23.8 Å². The number of carbonyl (C=O) groups is 2. The van der Waals surface area contributed by atoms with Crippen LogP contribution < -0.4 is 0 Å². The second kappa shape index (κ2) is 19.5. The van der Waals surface area contributed by atoms with E-state index in [0.717, 1.165) is 45.5 Å². The molecule has 0 unspecified atom stereocenters. The predicted molar refractivity (Wildman–Crippen MR) is 140 cm³/mol. The van der Waals surface area contributed by atoms with E-state index in [1.54, 1.807) is 6.08 Å². The first-order chi connectivity index (χ1) is 17.2. The van der Waals surface area contributed by atoms with Crippen LogP contribution in [0.4, 0.5) is 0 Å². The minimum absolute atomic E-state index is 0.00275. The summed E-state index contributed by atoms with van der Waals surface area (Å²) in [7, 11) is 2.00. The van der Waals surface area contributed by atoms with Gasteiger partial charge in [-0.3, -0.25) is 9.59 Å². The smallest absolute Gasteiger partial charge is 0.306 e. The molecular formula is C28H50O8. The molecule has 2 aliphatic rings. The van der Waals surface area contributed by atoms with Crippen molar-refractivity contribution in [3.63, 3.8) is 0 Å². The minimum atomic E-state index is -0.466. The predicted octanol–water partition coefficient (Wildman–Crippen LogP) is 3.96. The lowest BCUT2D eigenvalue weighted by molar-refractivity contribution is -0.222. The number of hydrogen-bond acceptors (Lipinski definition) is 8. The molecule has 0 aliphatic carbocycles. The Morgan fingerprint density at radius 2 is 1.58 bits per heavy atom. The molecule has 8 heteroatoms. The summed E-state index contributed by atoms with van der Waals surface area (Å²) in [5.41, 5.74) is 0.927. The Morgan fingerprint density at radius 1 is 0.917 bits per heavy atom. The second-order valence-electron chi connectivity index (χ2n) is 9.73. The van der Waals surface area contributed by atoms with Crippen molar-refractivity contribution in [3.8, 4) is 0 Å². The summed E-state index contributed by atoms with van der Waals surface area (Å²) >= 11 is 0. The topological polar surface area (TPSA) is 123 Å². The Morgan fingerprint density at radius 3 is 2.22 bits per heavy atom. The molecule has 0 aromatic heterocycles. The summed E-state index contributed by atoms with van der Waals surface area (Å²) < 4.78 is 17.5. The summed E-state index contributed by atoms with van der Waals surface area (Å²) in [4.78, 5) is 24.9. The molecule has 0 aromatic carbocycles. The third-order valence-electron chi connectivity index (χ3n) is 6.65. The number of esters is 1. The van der Waals surface area contributed by atoms with Gasteiger partial charge in [-0.2, -0.15) is 0 Å². The number of cyclic esters (lactones) is 1. The maximum absolute atomic E-state index is 12.5. The molecule has 210 valence electrons. The molecule has 0 spiro atoms. The summed E-state index contributed by atoms with van der Waals surface area (Å²) in [6.07, 6.45) is 9.33. The van der Waals surface area contributed by atoms with Gasteiger partial charge >= 0.3 is 5.97 Å². The fourth-order valence-electron chi connectivity index (χ4n) is 4.15. The number of aliphatic hydroxyl groups excluding tert-OH is 3. The van der Waals surface area contributed by atoms with Gasteiger partial charge in [0.15, 0.2) is 12.1 Å². The van der Waals surface area contributed by atoms with Crippen LogP contribution in [0.15, 0.2) is 23.8 Å². The molecule has 1 saturated heterocycles. The first kappa shape index (κ1) is 34.4. The molecule has 0 radical (unpaired) electrons. The Bertz CT molecular complexity index is 674. The van der Waals surface area contributed by atoms with E-state index >= 15 is 0 Å². The van der Waals surface area contributed by atoms with Gasteiger partial charge in [-0.15, -0.1) is 0 Å². The summed E-state index contributed by atoms with van der Waals surface area (Å²) in [6, 6.07) is 0. The Balaban J connectivity index is 0.00000291. The molecule has 1 fully saturated rings. The molecule has 3 N–H and O–H groups in total. The van der Waals surface area contributed by atoms with E-state index in [1.807, 2.05) is 39.8 Å². The molecule has 0 aromatic rings. The number of rotatable bonds is 3. The Kier molecular flexibility index (Phi) is 18.7. The van der Waals surface area contributed by atoms with E-state index in [-0.39, 0.29) is 42.1 Å². The first-order valence-electron chi connectivity index (χ1n) is 13.1. The molecular weight excluding hydrogens is 464 g/mol. The van der Waals surface area contributed by atoms with Crippen molar-refractivity contribution in [2.75, 3.05) is 20.8 Å². The van der Waals surface area contributed by atoms with E-state index in [9.17, 15) is 14.7 Å². The van der Waals surface area contributed by atoms with Gasteiger partial charge in [0.2, 0.25) is 0 Å². The normalized spacial score (nSPS) is 35.1. The molecule has 7 atom stereocenters. The van der Waals surface area contributed by atoms with Gasteiger partial charge in [0.1, 0.15) is 6.10 Å². The fourth-order valence-corrected chi connectivity index (χ4v) is 4.15. The summed E-state index contributed by atoms with van der Waals surface area (Å²) in [5, 5.41) is 23.9. The van der Waals surface area contributed by atoms with Gasteiger partial charge in [0, 0.05) is 38.9 Å². The van der Waals surface area contributed by atoms with Crippen LogP contribution in [0.2, 0.25) is 0 Å². The van der Waals surface area contributed by atoms with Crippen LogP contribution in [0.25, 0.3) is 0 Å². The van der Waals surface area contributed by atoms with Crippen LogP contribution in [0.5, 0.6) is 0 Å².